The molecule has 0 fully saturated rings. The minimum Gasteiger partial charge on any atom is -0.481 e. The van der Waals surface area contributed by atoms with E-state index in [1.165, 1.54) is 6.07 Å². The van der Waals surface area contributed by atoms with Gasteiger partial charge < -0.3 is 10.0 Å². The van der Waals surface area contributed by atoms with Crippen molar-refractivity contribution < 1.29 is 14.8 Å². The van der Waals surface area contributed by atoms with E-state index in [1.807, 2.05) is 11.8 Å². The SMILES string of the molecule is CCN(CC(C)C(=O)O)c1cccc([N+](=O)[O-])c1C. The molecule has 6 nitrogen and oxygen atoms in total. The summed E-state index contributed by atoms with van der Waals surface area (Å²) in [7, 11) is 0. The number of nitrogens with zero attached hydrogens (tertiary/aromatic N) is 2. The van der Waals surface area contributed by atoms with Gasteiger partial charge in [-0.15, -0.1) is 0 Å². The zero-order valence-corrected chi connectivity index (χ0v) is 11.3. The van der Waals surface area contributed by atoms with Crippen molar-refractivity contribution in [1.82, 2.24) is 0 Å². The highest BCUT2D eigenvalue weighted by Gasteiger charge is 2.20. The number of hydrogen-bond acceptors (Lipinski definition) is 4. The number of hydrogen-bond donors (Lipinski definition) is 1. The third-order valence-corrected chi connectivity index (χ3v) is 3.11. The second kappa shape index (κ2) is 6.17. The maximum absolute atomic E-state index is 10.9. The summed E-state index contributed by atoms with van der Waals surface area (Å²) in [5.41, 5.74) is 1.33. The number of carbonyl (C=O) groups is 1. The van der Waals surface area contributed by atoms with Crippen LogP contribution in [0.4, 0.5) is 11.4 Å². The quantitative estimate of drug-likeness (QED) is 0.631. The molecular weight excluding hydrogens is 248 g/mol. The van der Waals surface area contributed by atoms with Gasteiger partial charge in [-0.3, -0.25) is 14.9 Å². The molecule has 0 radical (unpaired) electrons. The molecule has 19 heavy (non-hydrogen) atoms. The summed E-state index contributed by atoms with van der Waals surface area (Å²) < 4.78 is 0. The molecular formula is C13H18N2O4. The van der Waals surface area contributed by atoms with E-state index in [1.54, 1.807) is 26.0 Å². The normalized spacial score (nSPS) is 11.9. The molecule has 1 aromatic rings. The molecule has 0 spiro atoms. The first kappa shape index (κ1) is 14.9. The van der Waals surface area contributed by atoms with E-state index in [4.69, 9.17) is 5.11 Å². The maximum atomic E-state index is 10.9. The molecule has 0 bridgehead atoms. The van der Waals surface area contributed by atoms with Gasteiger partial charge in [0.25, 0.3) is 5.69 Å². The van der Waals surface area contributed by atoms with E-state index < -0.39 is 16.8 Å². The van der Waals surface area contributed by atoms with Gasteiger partial charge in [0.05, 0.1) is 16.4 Å². The lowest BCUT2D eigenvalue weighted by atomic mass is 10.1. The van der Waals surface area contributed by atoms with Gasteiger partial charge in [-0.2, -0.15) is 0 Å². The molecule has 1 rings (SSSR count). The third kappa shape index (κ3) is 3.43. The second-order valence-corrected chi connectivity index (χ2v) is 4.46. The van der Waals surface area contributed by atoms with Crippen LogP contribution in [-0.4, -0.2) is 29.1 Å². The molecule has 0 amide bonds. The van der Waals surface area contributed by atoms with Crippen LogP contribution >= 0.6 is 0 Å². The van der Waals surface area contributed by atoms with Crippen LogP contribution in [0.25, 0.3) is 0 Å². The predicted octanol–water partition coefficient (Wildman–Crippen LogP) is 2.45. The van der Waals surface area contributed by atoms with Crippen molar-refractivity contribution in [2.45, 2.75) is 20.8 Å². The average molecular weight is 266 g/mol. The topological polar surface area (TPSA) is 83.7 Å². The summed E-state index contributed by atoms with van der Waals surface area (Å²) in [6.07, 6.45) is 0. The average Bonchev–Trinajstić information content (AvgIpc) is 2.35. The molecule has 1 unspecified atom stereocenters. The lowest BCUT2D eigenvalue weighted by Crippen LogP contribution is -2.32. The van der Waals surface area contributed by atoms with E-state index in [0.717, 1.165) is 0 Å². The fraction of sp³-hybridized carbons (Fsp3) is 0.462. The molecule has 1 aromatic carbocycles. The molecule has 0 aliphatic carbocycles. The van der Waals surface area contributed by atoms with E-state index in [2.05, 4.69) is 0 Å². The van der Waals surface area contributed by atoms with Crippen LogP contribution in [-0.2, 0) is 4.79 Å². The molecule has 6 heteroatoms. The van der Waals surface area contributed by atoms with Gasteiger partial charge in [0.15, 0.2) is 0 Å². The van der Waals surface area contributed by atoms with Crippen LogP contribution in [0.2, 0.25) is 0 Å². The van der Waals surface area contributed by atoms with Gasteiger partial charge in [-0.25, -0.2) is 0 Å². The van der Waals surface area contributed by atoms with Gasteiger partial charge in [-0.1, -0.05) is 13.0 Å². The Bertz CT molecular complexity index is 488. The van der Waals surface area contributed by atoms with E-state index >= 15 is 0 Å². The van der Waals surface area contributed by atoms with Gasteiger partial charge in [0.2, 0.25) is 0 Å². The summed E-state index contributed by atoms with van der Waals surface area (Å²) in [5.74, 6) is -1.40. The summed E-state index contributed by atoms with van der Waals surface area (Å²) >= 11 is 0. The fourth-order valence-electron chi connectivity index (χ4n) is 1.96. The molecule has 0 saturated heterocycles. The van der Waals surface area contributed by atoms with Crippen LogP contribution in [0.15, 0.2) is 18.2 Å². The predicted molar refractivity (Wildman–Crippen MR) is 72.5 cm³/mol. The molecule has 0 saturated carbocycles. The number of carboxylic acids is 1. The maximum Gasteiger partial charge on any atom is 0.308 e. The molecule has 0 aliphatic rings. The van der Waals surface area contributed by atoms with Crippen LogP contribution in [0.1, 0.15) is 19.4 Å². The highest BCUT2D eigenvalue weighted by atomic mass is 16.6. The van der Waals surface area contributed by atoms with Crippen molar-refractivity contribution in [3.63, 3.8) is 0 Å². The van der Waals surface area contributed by atoms with Crippen LogP contribution in [0, 0.1) is 23.0 Å². The summed E-state index contributed by atoms with van der Waals surface area (Å²) in [4.78, 5) is 23.2. The van der Waals surface area contributed by atoms with E-state index in [-0.39, 0.29) is 5.69 Å². The van der Waals surface area contributed by atoms with Gasteiger partial charge >= 0.3 is 5.97 Å². The highest BCUT2D eigenvalue weighted by Crippen LogP contribution is 2.28. The summed E-state index contributed by atoms with van der Waals surface area (Å²) in [6, 6.07) is 4.85. The Kier molecular flexibility index (Phi) is 4.86. The fourth-order valence-corrected chi connectivity index (χ4v) is 1.96. The van der Waals surface area contributed by atoms with Crippen LogP contribution in [0.3, 0.4) is 0 Å². The molecule has 1 atom stereocenters. The van der Waals surface area contributed by atoms with Gasteiger partial charge in [0.1, 0.15) is 0 Å². The number of nitro benzene ring substituents is 1. The molecule has 0 heterocycles. The largest absolute Gasteiger partial charge is 0.481 e. The molecule has 0 aliphatic heterocycles. The van der Waals surface area contributed by atoms with E-state index in [9.17, 15) is 14.9 Å². The number of rotatable bonds is 6. The zero-order chi connectivity index (χ0) is 14.6. The first-order chi connectivity index (χ1) is 8.88. The third-order valence-electron chi connectivity index (χ3n) is 3.11. The first-order valence-corrected chi connectivity index (χ1v) is 6.10. The lowest BCUT2D eigenvalue weighted by molar-refractivity contribution is -0.385. The number of anilines is 1. The second-order valence-electron chi connectivity index (χ2n) is 4.46. The number of carboxylic acid groups (broad SMARTS) is 1. The van der Waals surface area contributed by atoms with E-state index in [0.29, 0.717) is 24.3 Å². The van der Waals surface area contributed by atoms with Crippen LogP contribution in [0.5, 0.6) is 0 Å². The Hall–Kier alpha value is -2.11. The lowest BCUT2D eigenvalue weighted by Gasteiger charge is -2.26. The molecule has 0 aromatic heterocycles. The Morgan fingerprint density at radius 2 is 2.16 bits per heavy atom. The van der Waals surface area contributed by atoms with Crippen molar-refractivity contribution in [3.8, 4) is 0 Å². The monoisotopic (exact) mass is 266 g/mol. The first-order valence-electron chi connectivity index (χ1n) is 6.10. The zero-order valence-electron chi connectivity index (χ0n) is 11.3. The minimum absolute atomic E-state index is 0.0546. The number of aliphatic carboxylic acids is 1. The van der Waals surface area contributed by atoms with Crippen molar-refractivity contribution in [1.29, 1.82) is 0 Å². The Morgan fingerprint density at radius 3 is 2.63 bits per heavy atom. The van der Waals surface area contributed by atoms with Gasteiger partial charge in [0, 0.05) is 24.8 Å². The highest BCUT2D eigenvalue weighted by molar-refractivity contribution is 5.71. The van der Waals surface area contributed by atoms with Crippen molar-refractivity contribution >= 4 is 17.3 Å². The Morgan fingerprint density at radius 1 is 1.53 bits per heavy atom. The van der Waals surface area contributed by atoms with Crippen molar-refractivity contribution in [2.24, 2.45) is 5.92 Å². The Labute approximate surface area is 111 Å². The smallest absolute Gasteiger partial charge is 0.308 e. The summed E-state index contributed by atoms with van der Waals surface area (Å²) in [6.45, 7) is 6.12. The van der Waals surface area contributed by atoms with Crippen molar-refractivity contribution in [3.05, 3.63) is 33.9 Å². The molecule has 104 valence electrons. The minimum atomic E-state index is -0.874. The van der Waals surface area contributed by atoms with Crippen molar-refractivity contribution in [2.75, 3.05) is 18.0 Å². The number of benzene rings is 1. The number of nitro groups is 1. The molecule has 1 N–H and O–H groups in total. The Balaban J connectivity index is 3.08. The van der Waals surface area contributed by atoms with Crippen LogP contribution < -0.4 is 4.90 Å². The summed E-state index contributed by atoms with van der Waals surface area (Å²) in [5, 5.41) is 19.9. The van der Waals surface area contributed by atoms with Gasteiger partial charge in [-0.05, 0) is 19.9 Å². The standard InChI is InChI=1S/C13H18N2O4/c1-4-14(8-9(2)13(16)17)11-6-5-7-12(10(11)3)15(18)19/h5-7,9H,4,8H2,1-3H3,(H,16,17).